The van der Waals surface area contributed by atoms with Gasteiger partial charge in [-0.1, -0.05) is 24.3 Å². The Morgan fingerprint density at radius 2 is 1.62 bits per heavy atom. The summed E-state index contributed by atoms with van der Waals surface area (Å²) in [7, 11) is 0. The largest absolute Gasteiger partial charge is 0.379 e. The molecule has 0 spiro atoms. The van der Waals surface area contributed by atoms with E-state index in [4.69, 9.17) is 4.74 Å². The summed E-state index contributed by atoms with van der Waals surface area (Å²) in [6, 6.07) is 15.1. The Kier molecular flexibility index (Phi) is 6.19. The van der Waals surface area contributed by atoms with Crippen LogP contribution in [0.15, 0.2) is 48.5 Å². The van der Waals surface area contributed by atoms with Crippen molar-refractivity contribution in [1.82, 2.24) is 10.2 Å². The van der Waals surface area contributed by atoms with Crippen LogP contribution in [0.4, 0.5) is 11.4 Å². The van der Waals surface area contributed by atoms with Gasteiger partial charge in [0, 0.05) is 31.0 Å². The van der Waals surface area contributed by atoms with Crippen LogP contribution in [-0.2, 0) is 27.3 Å². The second kappa shape index (κ2) is 9.17. The minimum atomic E-state index is -0.252. The highest BCUT2D eigenvalue weighted by Gasteiger charge is 2.23. The summed E-state index contributed by atoms with van der Waals surface area (Å²) in [5, 5.41) is 9.14. The van der Waals surface area contributed by atoms with Crippen LogP contribution in [0.1, 0.15) is 11.1 Å². The number of morpholine rings is 1. The van der Waals surface area contributed by atoms with E-state index in [1.54, 1.807) is 24.3 Å². The average molecular weight is 394 g/mol. The van der Waals surface area contributed by atoms with Gasteiger partial charge in [0.25, 0.3) is 0 Å². The zero-order valence-corrected chi connectivity index (χ0v) is 16.3. The van der Waals surface area contributed by atoms with Crippen LogP contribution >= 0.6 is 0 Å². The smallest absolute Gasteiger partial charge is 0.241 e. The van der Waals surface area contributed by atoms with Crippen molar-refractivity contribution in [1.29, 1.82) is 0 Å². The van der Waals surface area contributed by atoms with Gasteiger partial charge in [0.15, 0.2) is 0 Å². The van der Waals surface area contributed by atoms with E-state index in [1.165, 1.54) is 11.1 Å². The van der Waals surface area contributed by atoms with Crippen molar-refractivity contribution in [2.24, 2.45) is 0 Å². The first-order valence-corrected chi connectivity index (χ1v) is 9.98. The van der Waals surface area contributed by atoms with Gasteiger partial charge in [-0.15, -0.1) is 0 Å². The van der Waals surface area contributed by atoms with E-state index >= 15 is 0 Å². The first kappa shape index (κ1) is 19.6. The van der Waals surface area contributed by atoms with E-state index in [0.29, 0.717) is 44.1 Å². The SMILES string of the molecule is O=C(CN1CCOCC1)Nc1ccc(NC(=O)C2Cc3ccccc3CN2)cc1. The molecular weight excluding hydrogens is 368 g/mol. The fourth-order valence-corrected chi connectivity index (χ4v) is 3.67. The van der Waals surface area contributed by atoms with E-state index in [0.717, 1.165) is 13.1 Å². The molecule has 7 nitrogen and oxygen atoms in total. The maximum absolute atomic E-state index is 12.6. The van der Waals surface area contributed by atoms with Crippen molar-refractivity contribution in [3.8, 4) is 0 Å². The summed E-state index contributed by atoms with van der Waals surface area (Å²) in [4.78, 5) is 26.9. The number of hydrogen-bond acceptors (Lipinski definition) is 5. The number of carbonyl (C=O) groups is 2. The molecule has 0 aromatic heterocycles. The molecule has 2 heterocycles. The lowest BCUT2D eigenvalue weighted by molar-refractivity contribution is -0.119. The normalized spacial score (nSPS) is 19.2. The van der Waals surface area contributed by atoms with Crippen molar-refractivity contribution in [2.45, 2.75) is 19.0 Å². The van der Waals surface area contributed by atoms with Crippen molar-refractivity contribution in [2.75, 3.05) is 43.5 Å². The molecule has 0 saturated carbocycles. The van der Waals surface area contributed by atoms with Gasteiger partial charge in [-0.2, -0.15) is 0 Å². The molecule has 1 atom stereocenters. The van der Waals surface area contributed by atoms with Crippen molar-refractivity contribution in [3.05, 3.63) is 59.7 Å². The molecule has 2 amide bonds. The predicted molar refractivity (Wildman–Crippen MR) is 112 cm³/mol. The highest BCUT2D eigenvalue weighted by atomic mass is 16.5. The van der Waals surface area contributed by atoms with Crippen molar-refractivity contribution in [3.63, 3.8) is 0 Å². The van der Waals surface area contributed by atoms with Gasteiger partial charge >= 0.3 is 0 Å². The number of carbonyl (C=O) groups excluding carboxylic acids is 2. The molecular formula is C22H26N4O3. The molecule has 1 fully saturated rings. The van der Waals surface area contributed by atoms with E-state index in [9.17, 15) is 9.59 Å². The van der Waals surface area contributed by atoms with Crippen molar-refractivity contribution < 1.29 is 14.3 Å². The molecule has 0 radical (unpaired) electrons. The number of nitrogens with one attached hydrogen (secondary N) is 3. The Morgan fingerprint density at radius 1 is 0.966 bits per heavy atom. The molecule has 7 heteroatoms. The number of rotatable bonds is 5. The minimum Gasteiger partial charge on any atom is -0.379 e. The Bertz CT molecular complexity index is 863. The zero-order chi connectivity index (χ0) is 20.1. The molecule has 1 unspecified atom stereocenters. The fraction of sp³-hybridized carbons (Fsp3) is 0.364. The summed E-state index contributed by atoms with van der Waals surface area (Å²) in [5.74, 6) is -0.0997. The molecule has 152 valence electrons. The zero-order valence-electron chi connectivity index (χ0n) is 16.3. The van der Waals surface area contributed by atoms with Crippen LogP contribution in [0.2, 0.25) is 0 Å². The third-order valence-electron chi connectivity index (χ3n) is 5.30. The summed E-state index contributed by atoms with van der Waals surface area (Å²) >= 11 is 0. The second-order valence-corrected chi connectivity index (χ2v) is 7.41. The highest BCUT2D eigenvalue weighted by Crippen LogP contribution is 2.18. The Hall–Kier alpha value is -2.74. The van der Waals surface area contributed by atoms with E-state index in [-0.39, 0.29) is 17.9 Å². The molecule has 2 aliphatic rings. The monoisotopic (exact) mass is 394 g/mol. The van der Waals surface area contributed by atoms with Gasteiger partial charge in [0.1, 0.15) is 0 Å². The first-order chi connectivity index (χ1) is 14.2. The number of anilines is 2. The predicted octanol–water partition coefficient (Wildman–Crippen LogP) is 1.61. The molecule has 4 rings (SSSR count). The van der Waals surface area contributed by atoms with E-state index < -0.39 is 0 Å². The summed E-state index contributed by atoms with van der Waals surface area (Å²) in [6.07, 6.45) is 0.678. The van der Waals surface area contributed by atoms with Gasteiger partial charge in [0.2, 0.25) is 11.8 Å². The maximum atomic E-state index is 12.6. The second-order valence-electron chi connectivity index (χ2n) is 7.41. The topological polar surface area (TPSA) is 82.7 Å². The number of benzene rings is 2. The summed E-state index contributed by atoms with van der Waals surface area (Å²) in [5.41, 5.74) is 3.88. The third kappa shape index (κ3) is 5.20. The molecule has 1 saturated heterocycles. The lowest BCUT2D eigenvalue weighted by Gasteiger charge is -2.26. The molecule has 0 bridgehead atoms. The van der Waals surface area contributed by atoms with Gasteiger partial charge in [0.05, 0.1) is 25.8 Å². The molecule has 3 N–H and O–H groups in total. The van der Waals surface area contributed by atoms with Crippen molar-refractivity contribution >= 4 is 23.2 Å². The number of hydrogen-bond donors (Lipinski definition) is 3. The standard InChI is InChI=1S/C22H26N4O3/c27-21(15-26-9-11-29-12-10-26)24-18-5-7-19(8-6-18)25-22(28)20-13-16-3-1-2-4-17(16)14-23-20/h1-8,20,23H,9-15H2,(H,24,27)(H,25,28). The fourth-order valence-electron chi connectivity index (χ4n) is 3.67. The third-order valence-corrected chi connectivity index (χ3v) is 5.30. The Balaban J connectivity index is 1.28. The lowest BCUT2D eigenvalue weighted by atomic mass is 9.95. The van der Waals surface area contributed by atoms with Crippen LogP contribution in [0.25, 0.3) is 0 Å². The van der Waals surface area contributed by atoms with Crippen LogP contribution in [0.5, 0.6) is 0 Å². The van der Waals surface area contributed by atoms with Gasteiger partial charge in [-0.3, -0.25) is 14.5 Å². The summed E-state index contributed by atoms with van der Waals surface area (Å²) in [6.45, 7) is 3.95. The number of nitrogens with zero attached hydrogens (tertiary/aromatic N) is 1. The average Bonchev–Trinajstić information content (AvgIpc) is 2.75. The number of fused-ring (bicyclic) bond motifs is 1. The minimum absolute atomic E-state index is 0.0474. The van der Waals surface area contributed by atoms with Gasteiger partial charge < -0.3 is 20.7 Å². The van der Waals surface area contributed by atoms with Crippen LogP contribution in [-0.4, -0.2) is 55.6 Å². The van der Waals surface area contributed by atoms with E-state index in [2.05, 4.69) is 33.0 Å². The maximum Gasteiger partial charge on any atom is 0.241 e. The molecule has 29 heavy (non-hydrogen) atoms. The first-order valence-electron chi connectivity index (χ1n) is 9.98. The number of amides is 2. The Morgan fingerprint density at radius 3 is 2.34 bits per heavy atom. The van der Waals surface area contributed by atoms with Gasteiger partial charge in [-0.25, -0.2) is 0 Å². The highest BCUT2D eigenvalue weighted by molar-refractivity contribution is 5.96. The molecule has 2 aromatic rings. The van der Waals surface area contributed by atoms with Crippen LogP contribution in [0.3, 0.4) is 0 Å². The van der Waals surface area contributed by atoms with Crippen LogP contribution in [0, 0.1) is 0 Å². The number of ether oxygens (including phenoxy) is 1. The molecule has 2 aliphatic heterocycles. The molecule has 2 aromatic carbocycles. The quantitative estimate of drug-likeness (QED) is 0.718. The lowest BCUT2D eigenvalue weighted by Crippen LogP contribution is -2.44. The van der Waals surface area contributed by atoms with Crippen LogP contribution < -0.4 is 16.0 Å². The molecule has 0 aliphatic carbocycles. The van der Waals surface area contributed by atoms with E-state index in [1.807, 2.05) is 12.1 Å². The Labute approximate surface area is 170 Å². The van der Waals surface area contributed by atoms with Gasteiger partial charge in [-0.05, 0) is 41.8 Å². The summed E-state index contributed by atoms with van der Waals surface area (Å²) < 4.78 is 5.29.